The highest BCUT2D eigenvalue weighted by Gasteiger charge is 2.05. The van der Waals surface area contributed by atoms with Gasteiger partial charge in [0.05, 0.1) is 5.69 Å². The molecule has 1 rings (SSSR count). The lowest BCUT2D eigenvalue weighted by atomic mass is 10.2. The van der Waals surface area contributed by atoms with Crippen LogP contribution in [0.1, 0.15) is 29.8 Å². The van der Waals surface area contributed by atoms with Crippen LogP contribution in [0.4, 0.5) is 0 Å². The zero-order valence-electron chi connectivity index (χ0n) is 8.60. The van der Waals surface area contributed by atoms with Crippen molar-refractivity contribution in [1.82, 2.24) is 9.78 Å². The Bertz CT molecular complexity index is 279. The summed E-state index contributed by atoms with van der Waals surface area (Å²) in [6, 6.07) is 0. The van der Waals surface area contributed by atoms with Gasteiger partial charge in [0.2, 0.25) is 0 Å². The van der Waals surface area contributed by atoms with E-state index in [4.69, 9.17) is 0 Å². The van der Waals surface area contributed by atoms with Crippen molar-refractivity contribution in [2.75, 3.05) is 5.33 Å². The maximum Gasteiger partial charge on any atom is 0.0625 e. The van der Waals surface area contributed by atoms with Gasteiger partial charge in [0.15, 0.2) is 0 Å². The van der Waals surface area contributed by atoms with Crippen molar-refractivity contribution < 1.29 is 0 Å². The average molecular weight is 245 g/mol. The van der Waals surface area contributed by atoms with Crippen LogP contribution in [-0.4, -0.2) is 15.1 Å². The minimum Gasteiger partial charge on any atom is -0.269 e. The van der Waals surface area contributed by atoms with Crippen molar-refractivity contribution in [3.05, 3.63) is 17.0 Å². The third kappa shape index (κ3) is 2.56. The largest absolute Gasteiger partial charge is 0.269 e. The summed E-state index contributed by atoms with van der Waals surface area (Å²) in [6.45, 7) is 7.40. The molecule has 1 heterocycles. The molecule has 0 amide bonds. The summed E-state index contributed by atoms with van der Waals surface area (Å²) in [6.07, 6.45) is 2.42. The molecule has 0 unspecified atom stereocenters. The minimum absolute atomic E-state index is 1.05. The maximum atomic E-state index is 4.48. The first-order valence-electron chi connectivity index (χ1n) is 4.73. The van der Waals surface area contributed by atoms with Crippen molar-refractivity contribution in [2.45, 2.75) is 40.2 Å². The molecule has 0 aliphatic rings. The first kappa shape index (κ1) is 10.8. The number of hydrogen-bond donors (Lipinski definition) is 0. The second-order valence-corrected chi connectivity index (χ2v) is 4.21. The lowest BCUT2D eigenvalue weighted by Crippen LogP contribution is -2.02. The molecule has 0 aliphatic carbocycles. The van der Waals surface area contributed by atoms with Crippen LogP contribution in [-0.2, 0) is 6.54 Å². The fourth-order valence-electron chi connectivity index (χ4n) is 1.36. The van der Waals surface area contributed by atoms with Crippen LogP contribution in [0.3, 0.4) is 0 Å². The van der Waals surface area contributed by atoms with E-state index in [1.54, 1.807) is 0 Å². The Morgan fingerprint density at radius 3 is 2.38 bits per heavy atom. The maximum absolute atomic E-state index is 4.48. The summed E-state index contributed by atoms with van der Waals surface area (Å²) in [4.78, 5) is 0. The molecule has 0 radical (unpaired) electrons. The Kier molecular flexibility index (Phi) is 3.97. The molecule has 0 N–H and O–H groups in total. The van der Waals surface area contributed by atoms with Gasteiger partial charge in [-0.1, -0.05) is 15.9 Å². The molecular formula is C10H17BrN2. The quantitative estimate of drug-likeness (QED) is 0.589. The van der Waals surface area contributed by atoms with Crippen LogP contribution >= 0.6 is 15.9 Å². The summed E-state index contributed by atoms with van der Waals surface area (Å²) < 4.78 is 2.12. The summed E-state index contributed by atoms with van der Waals surface area (Å²) in [7, 11) is 0. The molecule has 0 spiro atoms. The molecule has 74 valence electrons. The Hall–Kier alpha value is -0.310. The zero-order valence-corrected chi connectivity index (χ0v) is 10.2. The Labute approximate surface area is 88.5 Å². The van der Waals surface area contributed by atoms with Gasteiger partial charge in [-0.3, -0.25) is 4.68 Å². The fraction of sp³-hybridized carbons (Fsp3) is 0.700. The van der Waals surface area contributed by atoms with E-state index < -0.39 is 0 Å². The third-order valence-electron chi connectivity index (χ3n) is 2.50. The molecule has 0 fully saturated rings. The molecule has 0 atom stereocenters. The van der Waals surface area contributed by atoms with E-state index in [0.29, 0.717) is 0 Å². The minimum atomic E-state index is 1.05. The van der Waals surface area contributed by atoms with Gasteiger partial charge in [0, 0.05) is 17.6 Å². The number of aryl methyl sites for hydroxylation is 2. The second-order valence-electron chi connectivity index (χ2n) is 3.42. The van der Waals surface area contributed by atoms with Crippen LogP contribution in [0.2, 0.25) is 0 Å². The van der Waals surface area contributed by atoms with Crippen molar-refractivity contribution in [2.24, 2.45) is 0 Å². The fourth-order valence-corrected chi connectivity index (χ4v) is 1.76. The molecule has 13 heavy (non-hydrogen) atoms. The lowest BCUT2D eigenvalue weighted by Gasteiger charge is -2.02. The number of nitrogens with zero attached hydrogens (tertiary/aromatic N) is 2. The SMILES string of the molecule is Cc1nn(CCCCBr)c(C)c1C. The monoisotopic (exact) mass is 244 g/mol. The van der Waals surface area contributed by atoms with E-state index >= 15 is 0 Å². The molecule has 0 saturated carbocycles. The third-order valence-corrected chi connectivity index (χ3v) is 3.06. The van der Waals surface area contributed by atoms with Gasteiger partial charge in [-0.25, -0.2) is 0 Å². The van der Waals surface area contributed by atoms with Gasteiger partial charge in [0.25, 0.3) is 0 Å². The van der Waals surface area contributed by atoms with E-state index in [-0.39, 0.29) is 0 Å². The summed E-state index contributed by atoms with van der Waals surface area (Å²) in [5.74, 6) is 0. The van der Waals surface area contributed by atoms with Crippen LogP contribution < -0.4 is 0 Å². The first-order valence-corrected chi connectivity index (χ1v) is 5.85. The van der Waals surface area contributed by atoms with Gasteiger partial charge >= 0.3 is 0 Å². The molecule has 0 bridgehead atoms. The molecule has 0 saturated heterocycles. The number of unbranched alkanes of at least 4 members (excludes halogenated alkanes) is 1. The molecular weight excluding hydrogens is 228 g/mol. The highest BCUT2D eigenvalue weighted by molar-refractivity contribution is 9.09. The normalized spacial score (nSPS) is 10.8. The second kappa shape index (κ2) is 4.80. The Morgan fingerprint density at radius 2 is 1.92 bits per heavy atom. The summed E-state index contributed by atoms with van der Waals surface area (Å²) in [5, 5.41) is 5.57. The van der Waals surface area contributed by atoms with E-state index in [2.05, 4.69) is 46.5 Å². The van der Waals surface area contributed by atoms with Crippen molar-refractivity contribution in [3.8, 4) is 0 Å². The summed E-state index contributed by atoms with van der Waals surface area (Å²) in [5.41, 5.74) is 3.81. The number of rotatable bonds is 4. The van der Waals surface area contributed by atoms with Gasteiger partial charge < -0.3 is 0 Å². The predicted molar refractivity (Wildman–Crippen MR) is 59.5 cm³/mol. The van der Waals surface area contributed by atoms with E-state index in [1.807, 2.05) is 0 Å². The van der Waals surface area contributed by atoms with Crippen LogP contribution in [0, 0.1) is 20.8 Å². The number of aromatic nitrogens is 2. The summed E-state index contributed by atoms with van der Waals surface area (Å²) >= 11 is 3.43. The van der Waals surface area contributed by atoms with Crippen molar-refractivity contribution in [1.29, 1.82) is 0 Å². The van der Waals surface area contributed by atoms with Gasteiger partial charge in [0.1, 0.15) is 0 Å². The number of hydrogen-bond acceptors (Lipinski definition) is 1. The first-order chi connectivity index (χ1) is 6.16. The Balaban J connectivity index is 2.61. The van der Waals surface area contributed by atoms with Crippen LogP contribution in [0.5, 0.6) is 0 Å². The Morgan fingerprint density at radius 1 is 1.23 bits per heavy atom. The molecule has 1 aromatic rings. The molecule has 3 heteroatoms. The van der Waals surface area contributed by atoms with Gasteiger partial charge in [-0.15, -0.1) is 0 Å². The molecule has 0 aromatic carbocycles. The van der Waals surface area contributed by atoms with Gasteiger partial charge in [-0.05, 0) is 39.2 Å². The molecule has 0 aliphatic heterocycles. The van der Waals surface area contributed by atoms with Crippen LogP contribution in [0.15, 0.2) is 0 Å². The van der Waals surface area contributed by atoms with Crippen molar-refractivity contribution in [3.63, 3.8) is 0 Å². The predicted octanol–water partition coefficient (Wildman–Crippen LogP) is 2.98. The number of alkyl halides is 1. The lowest BCUT2D eigenvalue weighted by molar-refractivity contribution is 0.558. The highest BCUT2D eigenvalue weighted by atomic mass is 79.9. The molecule has 2 nitrogen and oxygen atoms in total. The highest BCUT2D eigenvalue weighted by Crippen LogP contribution is 2.11. The van der Waals surface area contributed by atoms with E-state index in [0.717, 1.165) is 17.6 Å². The zero-order chi connectivity index (χ0) is 9.84. The van der Waals surface area contributed by atoms with E-state index in [1.165, 1.54) is 24.1 Å². The smallest absolute Gasteiger partial charge is 0.0625 e. The number of halogens is 1. The topological polar surface area (TPSA) is 17.8 Å². The van der Waals surface area contributed by atoms with Gasteiger partial charge in [-0.2, -0.15) is 5.10 Å². The average Bonchev–Trinajstić information content (AvgIpc) is 2.34. The molecule has 1 aromatic heterocycles. The van der Waals surface area contributed by atoms with E-state index in [9.17, 15) is 0 Å². The van der Waals surface area contributed by atoms with Crippen molar-refractivity contribution >= 4 is 15.9 Å². The standard InChI is InChI=1S/C10H17BrN2/c1-8-9(2)12-13(10(8)3)7-5-4-6-11/h4-7H2,1-3H3. The van der Waals surface area contributed by atoms with Crippen LogP contribution in [0.25, 0.3) is 0 Å².